The first kappa shape index (κ1) is 15.4. The standard InChI is InChI=1S/C20H18N2O3/c1-2-25-14-7-8-18-17(11-14)13(12-21-18)9-10-22-19(23)15-5-3-4-6-16(15)20(22)24/h3-8,11-12,21H,2,9-10H2,1H3. The van der Waals surface area contributed by atoms with E-state index in [1.54, 1.807) is 24.3 Å². The number of rotatable bonds is 5. The molecule has 5 nitrogen and oxygen atoms in total. The molecule has 0 atom stereocenters. The van der Waals surface area contributed by atoms with Crippen LogP contribution in [0.3, 0.4) is 0 Å². The zero-order valence-electron chi connectivity index (χ0n) is 13.9. The van der Waals surface area contributed by atoms with Crippen molar-refractivity contribution in [2.24, 2.45) is 0 Å². The summed E-state index contributed by atoms with van der Waals surface area (Å²) in [6, 6.07) is 12.9. The number of ether oxygens (including phenoxy) is 1. The maximum atomic E-state index is 12.4. The summed E-state index contributed by atoms with van der Waals surface area (Å²) >= 11 is 0. The molecule has 0 saturated heterocycles. The summed E-state index contributed by atoms with van der Waals surface area (Å²) in [6.45, 7) is 2.92. The average molecular weight is 334 g/mol. The Balaban J connectivity index is 1.56. The maximum absolute atomic E-state index is 12.4. The molecule has 1 aliphatic heterocycles. The van der Waals surface area contributed by atoms with Gasteiger partial charge in [0, 0.05) is 23.6 Å². The van der Waals surface area contributed by atoms with Crippen LogP contribution in [0.25, 0.3) is 10.9 Å². The molecule has 2 amide bonds. The monoisotopic (exact) mass is 334 g/mol. The van der Waals surface area contributed by atoms with E-state index in [1.165, 1.54) is 4.90 Å². The Morgan fingerprint density at radius 1 is 1.04 bits per heavy atom. The fourth-order valence-corrected chi connectivity index (χ4v) is 3.30. The Morgan fingerprint density at radius 3 is 2.44 bits per heavy atom. The molecule has 0 saturated carbocycles. The number of H-pyrrole nitrogens is 1. The summed E-state index contributed by atoms with van der Waals surface area (Å²) in [6.07, 6.45) is 2.53. The molecule has 0 aliphatic carbocycles. The number of hydrogen-bond donors (Lipinski definition) is 1. The minimum atomic E-state index is -0.213. The molecular weight excluding hydrogens is 316 g/mol. The molecule has 0 spiro atoms. The van der Waals surface area contributed by atoms with Gasteiger partial charge in [0.2, 0.25) is 0 Å². The van der Waals surface area contributed by atoms with E-state index in [0.717, 1.165) is 22.2 Å². The van der Waals surface area contributed by atoms with Gasteiger partial charge >= 0.3 is 0 Å². The van der Waals surface area contributed by atoms with Crippen molar-refractivity contribution in [3.63, 3.8) is 0 Å². The maximum Gasteiger partial charge on any atom is 0.261 e. The normalized spacial score (nSPS) is 13.6. The molecule has 0 bridgehead atoms. The highest BCUT2D eigenvalue weighted by atomic mass is 16.5. The number of aromatic nitrogens is 1. The Hall–Kier alpha value is -3.08. The number of benzene rings is 2. The molecule has 0 fully saturated rings. The molecule has 0 unspecified atom stereocenters. The number of imide groups is 1. The Labute approximate surface area is 145 Å². The van der Waals surface area contributed by atoms with Crippen molar-refractivity contribution in [3.05, 3.63) is 65.4 Å². The van der Waals surface area contributed by atoms with Gasteiger partial charge in [0.05, 0.1) is 17.7 Å². The number of amides is 2. The molecular formula is C20H18N2O3. The summed E-state index contributed by atoms with van der Waals surface area (Å²) < 4.78 is 5.56. The van der Waals surface area contributed by atoms with E-state index < -0.39 is 0 Å². The van der Waals surface area contributed by atoms with Gasteiger partial charge in [-0.1, -0.05) is 12.1 Å². The van der Waals surface area contributed by atoms with Crippen molar-refractivity contribution in [2.45, 2.75) is 13.3 Å². The van der Waals surface area contributed by atoms with Gasteiger partial charge in [-0.05, 0) is 49.2 Å². The first-order valence-corrected chi connectivity index (χ1v) is 8.37. The van der Waals surface area contributed by atoms with Crippen LogP contribution in [0.15, 0.2) is 48.7 Å². The smallest absolute Gasteiger partial charge is 0.261 e. The first-order valence-electron chi connectivity index (χ1n) is 8.37. The van der Waals surface area contributed by atoms with Crippen molar-refractivity contribution in [2.75, 3.05) is 13.2 Å². The van der Waals surface area contributed by atoms with E-state index in [9.17, 15) is 9.59 Å². The van der Waals surface area contributed by atoms with Crippen molar-refractivity contribution in [1.29, 1.82) is 0 Å². The van der Waals surface area contributed by atoms with Crippen molar-refractivity contribution in [1.82, 2.24) is 9.88 Å². The Bertz CT molecular complexity index is 939. The van der Waals surface area contributed by atoms with Crippen molar-refractivity contribution in [3.8, 4) is 5.75 Å². The van der Waals surface area contributed by atoms with Gasteiger partial charge in [-0.2, -0.15) is 0 Å². The Kier molecular flexibility index (Phi) is 3.76. The molecule has 2 aromatic carbocycles. The molecule has 126 valence electrons. The molecule has 3 aromatic rings. The number of carbonyl (C=O) groups is 2. The van der Waals surface area contributed by atoms with Crippen LogP contribution >= 0.6 is 0 Å². The lowest BCUT2D eigenvalue weighted by Gasteiger charge is -2.13. The summed E-state index contributed by atoms with van der Waals surface area (Å²) in [5, 5.41) is 1.06. The van der Waals surface area contributed by atoms with Crippen LogP contribution in [-0.2, 0) is 6.42 Å². The minimum absolute atomic E-state index is 0.213. The highest BCUT2D eigenvalue weighted by molar-refractivity contribution is 6.21. The van der Waals surface area contributed by atoms with Crippen LogP contribution in [0, 0.1) is 0 Å². The largest absolute Gasteiger partial charge is 0.494 e. The third-order valence-electron chi connectivity index (χ3n) is 4.53. The van der Waals surface area contributed by atoms with Crippen LogP contribution in [-0.4, -0.2) is 34.8 Å². The van der Waals surface area contributed by atoms with E-state index >= 15 is 0 Å². The summed E-state index contributed by atoms with van der Waals surface area (Å²) in [4.78, 5) is 29.5. The molecule has 4 rings (SSSR count). The molecule has 5 heteroatoms. The number of nitrogens with zero attached hydrogens (tertiary/aromatic N) is 1. The highest BCUT2D eigenvalue weighted by Gasteiger charge is 2.34. The topological polar surface area (TPSA) is 62.4 Å². The van der Waals surface area contributed by atoms with E-state index in [-0.39, 0.29) is 11.8 Å². The lowest BCUT2D eigenvalue weighted by Crippen LogP contribution is -2.31. The average Bonchev–Trinajstić information content (AvgIpc) is 3.14. The Morgan fingerprint density at radius 2 is 1.76 bits per heavy atom. The molecule has 1 N–H and O–H groups in total. The molecule has 1 aliphatic rings. The van der Waals surface area contributed by atoms with E-state index in [0.29, 0.717) is 30.7 Å². The third kappa shape index (κ3) is 2.58. The zero-order valence-corrected chi connectivity index (χ0v) is 13.9. The number of hydrogen-bond acceptors (Lipinski definition) is 3. The predicted molar refractivity (Wildman–Crippen MR) is 95.0 cm³/mol. The zero-order chi connectivity index (χ0) is 17.4. The van der Waals surface area contributed by atoms with Gasteiger partial charge in [-0.15, -0.1) is 0 Å². The molecule has 25 heavy (non-hydrogen) atoms. The molecule has 0 radical (unpaired) electrons. The summed E-state index contributed by atoms with van der Waals surface area (Å²) in [5.74, 6) is 0.391. The van der Waals surface area contributed by atoms with Crippen LogP contribution in [0.1, 0.15) is 33.2 Å². The quantitative estimate of drug-likeness (QED) is 0.727. The number of nitrogens with one attached hydrogen (secondary N) is 1. The van der Waals surface area contributed by atoms with Crippen LogP contribution in [0.2, 0.25) is 0 Å². The van der Waals surface area contributed by atoms with Gasteiger partial charge in [-0.25, -0.2) is 0 Å². The number of fused-ring (bicyclic) bond motifs is 2. The summed E-state index contributed by atoms with van der Waals surface area (Å²) in [5.41, 5.74) is 3.06. The van der Waals surface area contributed by atoms with Crippen LogP contribution in [0.5, 0.6) is 5.75 Å². The second kappa shape index (κ2) is 6.09. The second-order valence-corrected chi connectivity index (χ2v) is 6.01. The van der Waals surface area contributed by atoms with Crippen molar-refractivity contribution >= 4 is 22.7 Å². The predicted octanol–water partition coefficient (Wildman–Crippen LogP) is 3.41. The van der Waals surface area contributed by atoms with Crippen LogP contribution < -0.4 is 4.74 Å². The van der Waals surface area contributed by atoms with Gasteiger partial charge in [0.15, 0.2) is 0 Å². The fraction of sp³-hybridized carbons (Fsp3) is 0.200. The molecule has 1 aromatic heterocycles. The van der Waals surface area contributed by atoms with Gasteiger partial charge < -0.3 is 9.72 Å². The summed E-state index contributed by atoms with van der Waals surface area (Å²) in [7, 11) is 0. The fourth-order valence-electron chi connectivity index (χ4n) is 3.30. The van der Waals surface area contributed by atoms with E-state index in [1.807, 2.05) is 31.3 Å². The molecule has 2 heterocycles. The highest BCUT2D eigenvalue weighted by Crippen LogP contribution is 2.26. The first-order chi connectivity index (χ1) is 12.2. The SMILES string of the molecule is CCOc1ccc2[nH]cc(CCN3C(=O)c4ccccc4C3=O)c2c1. The van der Waals surface area contributed by atoms with E-state index in [2.05, 4.69) is 4.98 Å². The van der Waals surface area contributed by atoms with Gasteiger partial charge in [0.25, 0.3) is 11.8 Å². The van der Waals surface area contributed by atoms with Crippen LogP contribution in [0.4, 0.5) is 0 Å². The number of carbonyl (C=O) groups excluding carboxylic acids is 2. The number of aromatic amines is 1. The lowest BCUT2D eigenvalue weighted by molar-refractivity contribution is 0.0656. The van der Waals surface area contributed by atoms with E-state index in [4.69, 9.17) is 4.74 Å². The van der Waals surface area contributed by atoms with Gasteiger partial charge in [-0.3, -0.25) is 14.5 Å². The second-order valence-electron chi connectivity index (χ2n) is 6.01. The lowest BCUT2D eigenvalue weighted by atomic mass is 10.1. The third-order valence-corrected chi connectivity index (χ3v) is 4.53. The van der Waals surface area contributed by atoms with Crippen molar-refractivity contribution < 1.29 is 14.3 Å². The van der Waals surface area contributed by atoms with Gasteiger partial charge in [0.1, 0.15) is 5.75 Å². The minimum Gasteiger partial charge on any atom is -0.494 e.